The van der Waals surface area contributed by atoms with Gasteiger partial charge in [0.25, 0.3) is 11.8 Å². The highest BCUT2D eigenvalue weighted by atomic mass is 35.5. The van der Waals surface area contributed by atoms with Gasteiger partial charge < -0.3 is 15.6 Å². The molecule has 4 rings (SSSR count). The predicted molar refractivity (Wildman–Crippen MR) is 92.0 cm³/mol. The first-order chi connectivity index (χ1) is 11.2. The van der Waals surface area contributed by atoms with E-state index in [4.69, 9.17) is 10.3 Å². The quantitative estimate of drug-likeness (QED) is 0.836. The van der Waals surface area contributed by atoms with E-state index in [0.717, 1.165) is 24.2 Å². The molecule has 1 unspecified atom stereocenters. The van der Waals surface area contributed by atoms with Crippen LogP contribution in [0.4, 0.5) is 0 Å². The van der Waals surface area contributed by atoms with Crippen LogP contribution in [-0.4, -0.2) is 28.6 Å². The molecule has 0 bridgehead atoms. The molecule has 128 valence electrons. The lowest BCUT2D eigenvalue weighted by Crippen LogP contribution is -2.38. The number of nitrogens with zero attached hydrogens (tertiary/aromatic N) is 2. The second-order valence-corrected chi connectivity index (χ2v) is 6.52. The van der Waals surface area contributed by atoms with Gasteiger partial charge in [-0.2, -0.15) is 4.98 Å². The van der Waals surface area contributed by atoms with Crippen molar-refractivity contribution in [2.45, 2.75) is 37.6 Å². The molecule has 1 atom stereocenters. The third kappa shape index (κ3) is 3.76. The molecule has 0 radical (unpaired) electrons. The average molecular weight is 349 g/mol. The second kappa shape index (κ2) is 6.91. The van der Waals surface area contributed by atoms with E-state index >= 15 is 0 Å². The van der Waals surface area contributed by atoms with Crippen LogP contribution in [0.2, 0.25) is 0 Å². The maximum absolute atomic E-state index is 12.1. The Bertz CT molecular complexity index is 708. The highest BCUT2D eigenvalue weighted by Crippen LogP contribution is 2.38. The van der Waals surface area contributed by atoms with Crippen molar-refractivity contribution in [1.29, 1.82) is 0 Å². The van der Waals surface area contributed by atoms with Gasteiger partial charge in [-0.3, -0.25) is 4.79 Å². The predicted octanol–water partition coefficient (Wildman–Crippen LogP) is 2.50. The molecule has 24 heavy (non-hydrogen) atoms. The first kappa shape index (κ1) is 16.9. The molecular weight excluding hydrogens is 328 g/mol. The van der Waals surface area contributed by atoms with Gasteiger partial charge in [-0.25, -0.2) is 0 Å². The number of nitrogens with two attached hydrogens (primary N) is 1. The van der Waals surface area contributed by atoms with Gasteiger partial charge in [0.15, 0.2) is 5.82 Å². The summed E-state index contributed by atoms with van der Waals surface area (Å²) >= 11 is 0. The van der Waals surface area contributed by atoms with E-state index in [0.29, 0.717) is 29.8 Å². The Morgan fingerprint density at radius 1 is 1.25 bits per heavy atom. The molecule has 2 aliphatic carbocycles. The van der Waals surface area contributed by atoms with Crippen LogP contribution in [0.15, 0.2) is 28.8 Å². The number of benzene rings is 1. The van der Waals surface area contributed by atoms with Crippen LogP contribution >= 0.6 is 12.4 Å². The Balaban J connectivity index is 0.00000169. The van der Waals surface area contributed by atoms with Crippen LogP contribution in [0, 0.1) is 5.92 Å². The molecule has 2 aliphatic rings. The minimum Gasteiger partial charge on any atom is -0.350 e. The fraction of sp³-hybridized carbons (Fsp3) is 0.471. The number of rotatable bonds is 6. The monoisotopic (exact) mass is 348 g/mol. The fourth-order valence-corrected chi connectivity index (χ4v) is 2.63. The van der Waals surface area contributed by atoms with Crippen molar-refractivity contribution in [3.05, 3.63) is 35.7 Å². The summed E-state index contributed by atoms with van der Waals surface area (Å²) in [5.41, 5.74) is 7.43. The first-order valence-corrected chi connectivity index (χ1v) is 8.18. The van der Waals surface area contributed by atoms with Crippen molar-refractivity contribution in [1.82, 2.24) is 15.5 Å². The van der Waals surface area contributed by atoms with Crippen LogP contribution in [0.1, 0.15) is 47.8 Å². The zero-order valence-corrected chi connectivity index (χ0v) is 14.1. The van der Waals surface area contributed by atoms with E-state index in [1.807, 2.05) is 12.1 Å². The van der Waals surface area contributed by atoms with Gasteiger partial charge in [0.1, 0.15) is 0 Å². The van der Waals surface area contributed by atoms with E-state index < -0.39 is 0 Å². The molecule has 7 heteroatoms. The number of amides is 1. The molecular formula is C17H21ClN4O2. The van der Waals surface area contributed by atoms with Crippen LogP contribution in [0.3, 0.4) is 0 Å². The van der Waals surface area contributed by atoms with Crippen molar-refractivity contribution < 1.29 is 9.32 Å². The summed E-state index contributed by atoms with van der Waals surface area (Å²) in [6.07, 6.45) is 4.64. The first-order valence-electron chi connectivity index (χ1n) is 8.18. The number of aromatic nitrogens is 2. The topological polar surface area (TPSA) is 94.0 Å². The standard InChI is InChI=1S/C17H20N4O2.ClH/c18-14(10-1-2-10)9-19-16(22)12-5-7-13(8-6-12)17-20-15(21-23-17)11-3-4-11;/h5-8,10-11,14H,1-4,9,18H2,(H,19,22);1H. The van der Waals surface area contributed by atoms with Gasteiger partial charge in [0.2, 0.25) is 0 Å². The van der Waals surface area contributed by atoms with Crippen LogP contribution in [-0.2, 0) is 0 Å². The summed E-state index contributed by atoms with van der Waals surface area (Å²) in [5, 5.41) is 6.90. The molecule has 6 nitrogen and oxygen atoms in total. The largest absolute Gasteiger partial charge is 0.350 e. The number of halogens is 1. The average Bonchev–Trinajstić information content (AvgIpc) is 3.51. The number of hydrogen-bond acceptors (Lipinski definition) is 5. The number of carbonyl (C=O) groups is 1. The van der Waals surface area contributed by atoms with E-state index in [-0.39, 0.29) is 24.4 Å². The van der Waals surface area contributed by atoms with E-state index in [2.05, 4.69) is 15.5 Å². The van der Waals surface area contributed by atoms with Gasteiger partial charge in [-0.15, -0.1) is 12.4 Å². The van der Waals surface area contributed by atoms with Crippen LogP contribution in [0.5, 0.6) is 0 Å². The summed E-state index contributed by atoms with van der Waals surface area (Å²) in [6.45, 7) is 0.527. The Morgan fingerprint density at radius 2 is 1.96 bits per heavy atom. The molecule has 1 aromatic carbocycles. The maximum atomic E-state index is 12.1. The number of hydrogen-bond donors (Lipinski definition) is 2. The molecule has 2 aromatic rings. The van der Waals surface area contributed by atoms with Gasteiger partial charge in [0, 0.05) is 29.6 Å². The van der Waals surface area contributed by atoms with Crippen molar-refractivity contribution in [3.63, 3.8) is 0 Å². The molecule has 0 spiro atoms. The molecule has 0 aliphatic heterocycles. The second-order valence-electron chi connectivity index (χ2n) is 6.52. The van der Waals surface area contributed by atoms with Crippen LogP contribution in [0.25, 0.3) is 11.5 Å². The highest BCUT2D eigenvalue weighted by Gasteiger charge is 2.29. The van der Waals surface area contributed by atoms with Crippen molar-refractivity contribution in [2.75, 3.05) is 6.54 Å². The minimum absolute atomic E-state index is 0. The number of nitrogens with one attached hydrogen (secondary N) is 1. The zero-order chi connectivity index (χ0) is 15.8. The zero-order valence-electron chi connectivity index (χ0n) is 13.3. The summed E-state index contributed by atoms with van der Waals surface area (Å²) < 4.78 is 5.29. The van der Waals surface area contributed by atoms with E-state index in [1.165, 1.54) is 12.8 Å². The Labute approximate surface area is 146 Å². The molecule has 2 fully saturated rings. The minimum atomic E-state index is -0.100. The van der Waals surface area contributed by atoms with Crippen LogP contribution < -0.4 is 11.1 Å². The maximum Gasteiger partial charge on any atom is 0.257 e. The third-order valence-corrected chi connectivity index (χ3v) is 4.50. The van der Waals surface area contributed by atoms with Crippen molar-refractivity contribution >= 4 is 18.3 Å². The Hall–Kier alpha value is -1.92. The lowest BCUT2D eigenvalue weighted by Gasteiger charge is -2.11. The van der Waals surface area contributed by atoms with Crippen molar-refractivity contribution in [2.24, 2.45) is 11.7 Å². The molecule has 1 aromatic heterocycles. The lowest BCUT2D eigenvalue weighted by molar-refractivity contribution is 0.0950. The number of carbonyl (C=O) groups excluding carboxylic acids is 1. The van der Waals surface area contributed by atoms with Gasteiger partial charge >= 0.3 is 0 Å². The SMILES string of the molecule is Cl.NC(CNC(=O)c1ccc(-c2nc(C3CC3)no2)cc1)C1CC1. The molecule has 2 saturated carbocycles. The van der Waals surface area contributed by atoms with Gasteiger partial charge in [0.05, 0.1) is 0 Å². The summed E-state index contributed by atoms with van der Waals surface area (Å²) in [5.74, 6) is 2.24. The summed E-state index contributed by atoms with van der Waals surface area (Å²) in [7, 11) is 0. The fourth-order valence-electron chi connectivity index (χ4n) is 2.63. The third-order valence-electron chi connectivity index (χ3n) is 4.50. The van der Waals surface area contributed by atoms with Gasteiger partial charge in [-0.05, 0) is 55.9 Å². The summed E-state index contributed by atoms with van der Waals surface area (Å²) in [4.78, 5) is 16.5. The molecule has 0 saturated heterocycles. The van der Waals surface area contributed by atoms with E-state index in [9.17, 15) is 4.79 Å². The Morgan fingerprint density at radius 3 is 2.58 bits per heavy atom. The normalized spacial score (nSPS) is 17.9. The molecule has 1 amide bonds. The smallest absolute Gasteiger partial charge is 0.257 e. The lowest BCUT2D eigenvalue weighted by atomic mass is 10.1. The van der Waals surface area contributed by atoms with Crippen molar-refractivity contribution in [3.8, 4) is 11.5 Å². The molecule has 3 N–H and O–H groups in total. The highest BCUT2D eigenvalue weighted by molar-refractivity contribution is 5.94. The summed E-state index contributed by atoms with van der Waals surface area (Å²) in [6, 6.07) is 7.28. The van der Waals surface area contributed by atoms with Gasteiger partial charge in [-0.1, -0.05) is 5.16 Å². The molecule has 1 heterocycles. The van der Waals surface area contributed by atoms with E-state index in [1.54, 1.807) is 12.1 Å². The Kier molecular flexibility index (Phi) is 4.87.